The van der Waals surface area contributed by atoms with E-state index in [4.69, 9.17) is 0 Å². The van der Waals surface area contributed by atoms with Crippen LogP contribution in [0.15, 0.2) is 76.8 Å². The molecule has 34 heavy (non-hydrogen) atoms. The number of allylic oxidation sites excluding steroid dienone is 4. The average molecular weight is 453 g/mol. The van der Waals surface area contributed by atoms with Gasteiger partial charge in [-0.2, -0.15) is 0 Å². The number of nitrogens with one attached hydrogen (secondary N) is 2. The standard InChI is InChI=1S/C29H32N4O/c1-4-20(2)18-22-7-11-24(12-8-22)32-29(34)33-25-13-9-23(10-14-25)19-28-27-15-17-30-21(3)26(27)6-5-16-31-28/h4,6-8,11-12,15-17,19,25H,9-10,13-14,18H2,1-3H3,(H2,32,33,34). The molecule has 174 valence electrons. The first-order chi connectivity index (χ1) is 16.5. The maximum atomic E-state index is 12.5. The fourth-order valence-corrected chi connectivity index (χ4v) is 4.35. The van der Waals surface area contributed by atoms with E-state index in [0.717, 1.165) is 60.3 Å². The van der Waals surface area contributed by atoms with Crippen molar-refractivity contribution >= 4 is 23.5 Å². The number of anilines is 1. The van der Waals surface area contributed by atoms with E-state index in [2.05, 4.69) is 64.5 Å². The zero-order chi connectivity index (χ0) is 23.9. The molecule has 2 amide bonds. The van der Waals surface area contributed by atoms with Crippen LogP contribution in [-0.2, 0) is 6.42 Å². The summed E-state index contributed by atoms with van der Waals surface area (Å²) < 4.78 is 0. The van der Waals surface area contributed by atoms with Crippen molar-refractivity contribution in [3.8, 4) is 0 Å². The first kappa shape index (κ1) is 23.5. The van der Waals surface area contributed by atoms with E-state index in [9.17, 15) is 4.79 Å². The van der Waals surface area contributed by atoms with Crippen molar-refractivity contribution in [1.29, 1.82) is 0 Å². The van der Waals surface area contributed by atoms with Gasteiger partial charge in [-0.3, -0.25) is 4.98 Å². The number of aliphatic imine (C=N–C) groups is 1. The van der Waals surface area contributed by atoms with E-state index in [-0.39, 0.29) is 12.1 Å². The molecule has 2 heterocycles. The Morgan fingerprint density at radius 3 is 2.68 bits per heavy atom. The Labute approximate surface area is 202 Å². The molecular formula is C29H32N4O. The summed E-state index contributed by atoms with van der Waals surface area (Å²) in [5.74, 6) is 0. The molecule has 0 spiro atoms. The van der Waals surface area contributed by atoms with Gasteiger partial charge in [-0.05, 0) is 88.8 Å². The summed E-state index contributed by atoms with van der Waals surface area (Å²) in [6, 6.07) is 10.1. The second-order valence-corrected chi connectivity index (χ2v) is 9.00. The van der Waals surface area contributed by atoms with Crippen LogP contribution in [0, 0.1) is 6.92 Å². The molecule has 1 saturated carbocycles. The van der Waals surface area contributed by atoms with Crippen LogP contribution in [0.25, 0.3) is 6.08 Å². The molecule has 1 aromatic carbocycles. The normalized spacial score (nSPS) is 17.5. The lowest BCUT2D eigenvalue weighted by Crippen LogP contribution is -2.39. The third-order valence-corrected chi connectivity index (χ3v) is 6.46. The number of hydrogen-bond donors (Lipinski definition) is 2. The Morgan fingerprint density at radius 2 is 1.94 bits per heavy atom. The van der Waals surface area contributed by atoms with Crippen molar-refractivity contribution in [2.75, 3.05) is 5.32 Å². The number of benzene rings is 1. The monoisotopic (exact) mass is 452 g/mol. The molecule has 2 aliphatic rings. The summed E-state index contributed by atoms with van der Waals surface area (Å²) in [5.41, 5.74) is 12.0. The van der Waals surface area contributed by atoms with Crippen LogP contribution < -0.4 is 10.6 Å². The lowest BCUT2D eigenvalue weighted by Gasteiger charge is -2.25. The summed E-state index contributed by atoms with van der Waals surface area (Å²) in [6.07, 6.45) is 14.5. The number of fused-ring (bicyclic) bond motifs is 1. The number of amides is 2. The van der Waals surface area contributed by atoms with E-state index < -0.39 is 0 Å². The van der Waals surface area contributed by atoms with Gasteiger partial charge < -0.3 is 10.6 Å². The van der Waals surface area contributed by atoms with Crippen molar-refractivity contribution in [3.05, 3.63) is 94.1 Å². The third kappa shape index (κ3) is 6.00. The predicted molar refractivity (Wildman–Crippen MR) is 140 cm³/mol. The van der Waals surface area contributed by atoms with Gasteiger partial charge in [0.15, 0.2) is 0 Å². The Hall–Kier alpha value is -3.69. The molecule has 5 nitrogen and oxygen atoms in total. The van der Waals surface area contributed by atoms with Crippen LogP contribution >= 0.6 is 0 Å². The van der Waals surface area contributed by atoms with Gasteiger partial charge in [-0.15, -0.1) is 5.73 Å². The third-order valence-electron chi connectivity index (χ3n) is 6.46. The fourth-order valence-electron chi connectivity index (χ4n) is 4.35. The molecule has 0 saturated heterocycles. The van der Waals surface area contributed by atoms with Crippen LogP contribution in [0.2, 0.25) is 0 Å². The second kappa shape index (κ2) is 11.0. The highest BCUT2D eigenvalue weighted by Crippen LogP contribution is 2.26. The smallest absolute Gasteiger partial charge is 0.319 e. The van der Waals surface area contributed by atoms with Crippen LogP contribution in [0.1, 0.15) is 61.9 Å². The van der Waals surface area contributed by atoms with E-state index in [1.54, 1.807) is 6.20 Å². The minimum absolute atomic E-state index is 0.143. The molecule has 4 rings (SSSR count). The zero-order valence-corrected chi connectivity index (χ0v) is 20.2. The van der Waals surface area contributed by atoms with Crippen molar-refractivity contribution in [3.63, 3.8) is 0 Å². The molecule has 0 radical (unpaired) electrons. The maximum Gasteiger partial charge on any atom is 0.319 e. The minimum Gasteiger partial charge on any atom is -0.335 e. The Balaban J connectivity index is 1.30. The summed E-state index contributed by atoms with van der Waals surface area (Å²) in [5, 5.41) is 6.10. The summed E-state index contributed by atoms with van der Waals surface area (Å²) in [7, 11) is 0. The maximum absolute atomic E-state index is 12.5. The second-order valence-electron chi connectivity index (χ2n) is 9.00. The highest BCUT2D eigenvalue weighted by molar-refractivity contribution is 6.12. The Morgan fingerprint density at radius 1 is 1.18 bits per heavy atom. The average Bonchev–Trinajstić information content (AvgIpc) is 3.05. The number of rotatable bonds is 5. The van der Waals surface area contributed by atoms with Gasteiger partial charge in [0.2, 0.25) is 0 Å². The Kier molecular flexibility index (Phi) is 7.56. The van der Waals surface area contributed by atoms with E-state index in [0.29, 0.717) is 0 Å². The topological polar surface area (TPSA) is 66.4 Å². The van der Waals surface area contributed by atoms with Crippen molar-refractivity contribution in [2.45, 2.75) is 58.9 Å². The van der Waals surface area contributed by atoms with Crippen molar-refractivity contribution in [2.24, 2.45) is 4.99 Å². The minimum atomic E-state index is -0.143. The molecule has 2 aromatic rings. The predicted octanol–water partition coefficient (Wildman–Crippen LogP) is 6.52. The quantitative estimate of drug-likeness (QED) is 0.401. The molecule has 1 aromatic heterocycles. The largest absolute Gasteiger partial charge is 0.335 e. The van der Waals surface area contributed by atoms with Crippen LogP contribution in [0.4, 0.5) is 10.5 Å². The highest BCUT2D eigenvalue weighted by Gasteiger charge is 2.20. The first-order valence-electron chi connectivity index (χ1n) is 11.9. The lowest BCUT2D eigenvalue weighted by atomic mass is 9.89. The van der Waals surface area contributed by atoms with Crippen molar-refractivity contribution in [1.82, 2.24) is 10.3 Å². The first-order valence-corrected chi connectivity index (χ1v) is 11.9. The number of aromatic nitrogens is 1. The molecule has 0 bridgehead atoms. The SMILES string of the molecule is CC=C(C)Cc1ccc(NC(=O)NC2CCC(=CC3=NC=C=Cc4c3ccnc4C)CC2)cc1. The van der Waals surface area contributed by atoms with Gasteiger partial charge in [-0.25, -0.2) is 9.79 Å². The van der Waals surface area contributed by atoms with Gasteiger partial charge >= 0.3 is 6.03 Å². The summed E-state index contributed by atoms with van der Waals surface area (Å²) in [6.45, 7) is 6.19. The number of hydrogen-bond acceptors (Lipinski definition) is 3. The summed E-state index contributed by atoms with van der Waals surface area (Å²) >= 11 is 0. The van der Waals surface area contributed by atoms with E-state index in [1.807, 2.05) is 37.4 Å². The van der Waals surface area contributed by atoms with Crippen LogP contribution in [-0.4, -0.2) is 22.8 Å². The molecular weight excluding hydrogens is 420 g/mol. The zero-order valence-electron chi connectivity index (χ0n) is 20.2. The van der Waals surface area contributed by atoms with E-state index in [1.165, 1.54) is 16.7 Å². The van der Waals surface area contributed by atoms with Gasteiger partial charge in [0.25, 0.3) is 0 Å². The lowest BCUT2D eigenvalue weighted by molar-refractivity contribution is 0.246. The van der Waals surface area contributed by atoms with Gasteiger partial charge in [0, 0.05) is 34.7 Å². The molecule has 0 unspecified atom stereocenters. The Bertz CT molecular complexity index is 1200. The molecule has 0 atom stereocenters. The summed E-state index contributed by atoms with van der Waals surface area (Å²) in [4.78, 5) is 21.5. The number of urea groups is 1. The van der Waals surface area contributed by atoms with Crippen LogP contribution in [0.3, 0.4) is 0 Å². The fraction of sp³-hybridized carbons (Fsp3) is 0.310. The van der Waals surface area contributed by atoms with Crippen molar-refractivity contribution < 1.29 is 4.79 Å². The molecule has 1 fully saturated rings. The van der Waals surface area contributed by atoms with Crippen LogP contribution in [0.5, 0.6) is 0 Å². The van der Waals surface area contributed by atoms with E-state index >= 15 is 0 Å². The molecule has 5 heteroatoms. The number of carbonyl (C=O) groups excluding carboxylic acids is 1. The number of pyridine rings is 1. The van der Waals surface area contributed by atoms with Gasteiger partial charge in [0.05, 0.1) is 11.9 Å². The number of carbonyl (C=O) groups is 1. The van der Waals surface area contributed by atoms with Gasteiger partial charge in [0.1, 0.15) is 0 Å². The number of nitrogens with zero attached hydrogens (tertiary/aromatic N) is 2. The molecule has 1 aliphatic carbocycles. The number of aryl methyl sites for hydroxylation is 1. The van der Waals surface area contributed by atoms with Gasteiger partial charge in [-0.1, -0.05) is 29.4 Å². The molecule has 2 N–H and O–H groups in total. The highest BCUT2D eigenvalue weighted by atomic mass is 16.2. The molecule has 1 aliphatic heterocycles.